The van der Waals surface area contributed by atoms with E-state index in [9.17, 15) is 14.4 Å². The van der Waals surface area contributed by atoms with Crippen molar-refractivity contribution in [2.45, 2.75) is 45.6 Å². The number of piperidine rings is 1. The summed E-state index contributed by atoms with van der Waals surface area (Å²) in [5.41, 5.74) is 0.894. The number of rotatable bonds is 3. The Kier molecular flexibility index (Phi) is 5.30. The number of H-pyrrole nitrogens is 1. The summed E-state index contributed by atoms with van der Waals surface area (Å²) >= 11 is 0. The molecule has 1 amide bonds. The molecule has 0 radical (unpaired) electrons. The molecule has 7 heteroatoms. The van der Waals surface area contributed by atoms with Gasteiger partial charge >= 0.3 is 0 Å². The molecule has 27 heavy (non-hydrogen) atoms. The molecule has 1 aliphatic rings. The van der Waals surface area contributed by atoms with Crippen LogP contribution in [0.1, 0.15) is 49.7 Å². The van der Waals surface area contributed by atoms with Gasteiger partial charge in [-0.15, -0.1) is 0 Å². The Balaban J connectivity index is 1.60. The maximum Gasteiger partial charge on any atom is 0.255 e. The highest BCUT2D eigenvalue weighted by molar-refractivity contribution is 5.93. The molecule has 1 fully saturated rings. The zero-order valence-corrected chi connectivity index (χ0v) is 16.1. The molecular weight excluding hydrogens is 344 g/mol. The van der Waals surface area contributed by atoms with Crippen LogP contribution in [0.3, 0.4) is 0 Å². The van der Waals surface area contributed by atoms with Crippen molar-refractivity contribution in [3.05, 3.63) is 62.7 Å². The van der Waals surface area contributed by atoms with Gasteiger partial charge in [0.2, 0.25) is 5.56 Å². The minimum atomic E-state index is -0.221. The number of pyridine rings is 1. The Labute approximate surface area is 158 Å². The van der Waals surface area contributed by atoms with Gasteiger partial charge < -0.3 is 9.88 Å². The third-order valence-electron chi connectivity index (χ3n) is 5.04. The Morgan fingerprint density at radius 1 is 1.22 bits per heavy atom. The molecule has 7 nitrogen and oxygen atoms in total. The largest absolute Gasteiger partial charge is 0.339 e. The van der Waals surface area contributed by atoms with Crippen molar-refractivity contribution in [2.24, 2.45) is 5.92 Å². The lowest BCUT2D eigenvalue weighted by atomic mass is 9.92. The van der Waals surface area contributed by atoms with Gasteiger partial charge in [0.25, 0.3) is 11.5 Å². The quantitative estimate of drug-likeness (QED) is 0.892. The highest BCUT2D eigenvalue weighted by atomic mass is 16.2. The van der Waals surface area contributed by atoms with E-state index in [-0.39, 0.29) is 22.4 Å². The zero-order valence-electron chi connectivity index (χ0n) is 16.1. The third-order valence-corrected chi connectivity index (χ3v) is 5.04. The molecule has 3 rings (SSSR count). The lowest BCUT2D eigenvalue weighted by Crippen LogP contribution is -2.40. The van der Waals surface area contributed by atoms with E-state index in [1.807, 2.05) is 20.8 Å². The zero-order chi connectivity index (χ0) is 19.6. The van der Waals surface area contributed by atoms with Crippen LogP contribution in [0.25, 0.3) is 0 Å². The summed E-state index contributed by atoms with van der Waals surface area (Å²) < 4.78 is 1.67. The number of carbonyl (C=O) groups excluding carboxylic acids is 1. The van der Waals surface area contributed by atoms with Crippen molar-refractivity contribution >= 4 is 5.91 Å². The van der Waals surface area contributed by atoms with Crippen LogP contribution in [0.4, 0.5) is 0 Å². The number of hydrogen-bond acceptors (Lipinski definition) is 4. The third kappa shape index (κ3) is 4.53. The topological polar surface area (TPSA) is 88.1 Å². The molecule has 0 atom stereocenters. The van der Waals surface area contributed by atoms with Gasteiger partial charge in [0, 0.05) is 43.4 Å². The molecule has 2 aromatic heterocycles. The monoisotopic (exact) mass is 370 g/mol. The van der Waals surface area contributed by atoms with Crippen molar-refractivity contribution in [1.29, 1.82) is 0 Å². The van der Waals surface area contributed by atoms with E-state index in [4.69, 9.17) is 0 Å². The fraction of sp³-hybridized carbons (Fsp3) is 0.500. The number of nitrogens with one attached hydrogen (secondary N) is 1. The highest BCUT2D eigenvalue weighted by Crippen LogP contribution is 2.21. The second-order valence-corrected chi connectivity index (χ2v) is 8.19. The first-order valence-electron chi connectivity index (χ1n) is 9.29. The molecule has 1 saturated heterocycles. The molecule has 0 aliphatic carbocycles. The van der Waals surface area contributed by atoms with Gasteiger partial charge in [-0.3, -0.25) is 19.0 Å². The molecule has 2 aromatic rings. The molecular formula is C20H26N4O3. The van der Waals surface area contributed by atoms with Crippen LogP contribution in [0.15, 0.2) is 40.3 Å². The fourth-order valence-corrected chi connectivity index (χ4v) is 3.30. The van der Waals surface area contributed by atoms with E-state index in [0.29, 0.717) is 31.1 Å². The summed E-state index contributed by atoms with van der Waals surface area (Å²) in [6.07, 6.45) is 4.77. The summed E-state index contributed by atoms with van der Waals surface area (Å²) in [4.78, 5) is 44.8. The molecule has 0 spiro atoms. The summed E-state index contributed by atoms with van der Waals surface area (Å²) in [6, 6.07) is 4.53. The number of aromatic amines is 1. The molecule has 1 aliphatic heterocycles. The summed E-state index contributed by atoms with van der Waals surface area (Å²) in [6.45, 7) is 8.02. The molecule has 1 N–H and O–H groups in total. The molecule has 144 valence electrons. The Morgan fingerprint density at radius 3 is 2.48 bits per heavy atom. The lowest BCUT2D eigenvalue weighted by Gasteiger charge is -2.32. The molecule has 0 bridgehead atoms. The van der Waals surface area contributed by atoms with Gasteiger partial charge in [-0.05, 0) is 24.8 Å². The first-order chi connectivity index (χ1) is 12.7. The summed E-state index contributed by atoms with van der Waals surface area (Å²) in [5, 5.41) is 0. The predicted molar refractivity (Wildman–Crippen MR) is 103 cm³/mol. The highest BCUT2D eigenvalue weighted by Gasteiger charge is 2.24. The number of likely N-dealkylation sites (tertiary alicyclic amines) is 1. The van der Waals surface area contributed by atoms with Crippen molar-refractivity contribution in [1.82, 2.24) is 19.4 Å². The first kappa shape index (κ1) is 19.1. The SMILES string of the molecule is CC(C)(C)c1cc(=O)n(CC2CCN(C(=O)c3ccc(=O)[nH]c3)CC2)cn1. The number of carbonyl (C=O) groups is 1. The average molecular weight is 370 g/mol. The van der Waals surface area contributed by atoms with Crippen LogP contribution in [0, 0.1) is 5.92 Å². The second-order valence-electron chi connectivity index (χ2n) is 8.19. The summed E-state index contributed by atoms with van der Waals surface area (Å²) in [7, 11) is 0. The van der Waals surface area contributed by atoms with Crippen LogP contribution in [-0.4, -0.2) is 38.4 Å². The molecule has 0 aromatic carbocycles. The minimum absolute atomic E-state index is 0.0262. The Morgan fingerprint density at radius 2 is 1.93 bits per heavy atom. The number of nitrogens with zero attached hydrogens (tertiary/aromatic N) is 3. The number of aromatic nitrogens is 3. The van der Waals surface area contributed by atoms with Gasteiger partial charge in [0.15, 0.2) is 0 Å². The van der Waals surface area contributed by atoms with Crippen LogP contribution < -0.4 is 11.1 Å². The maximum atomic E-state index is 12.5. The normalized spacial score (nSPS) is 15.7. The van der Waals surface area contributed by atoms with Crippen molar-refractivity contribution < 1.29 is 4.79 Å². The van der Waals surface area contributed by atoms with E-state index >= 15 is 0 Å². The Hall–Kier alpha value is -2.70. The van der Waals surface area contributed by atoms with Crippen molar-refractivity contribution in [2.75, 3.05) is 13.1 Å². The summed E-state index contributed by atoms with van der Waals surface area (Å²) in [5.74, 6) is 0.266. The van der Waals surface area contributed by atoms with Gasteiger partial charge in [0.1, 0.15) is 0 Å². The van der Waals surface area contributed by atoms with Crippen LogP contribution in [0.5, 0.6) is 0 Å². The van der Waals surface area contributed by atoms with Gasteiger partial charge in [0.05, 0.1) is 17.6 Å². The van der Waals surface area contributed by atoms with Gasteiger partial charge in [-0.25, -0.2) is 4.98 Å². The lowest BCUT2D eigenvalue weighted by molar-refractivity contribution is 0.0681. The molecule has 0 saturated carbocycles. The van der Waals surface area contributed by atoms with E-state index in [1.54, 1.807) is 27.9 Å². The fourth-order valence-electron chi connectivity index (χ4n) is 3.30. The van der Waals surface area contributed by atoms with E-state index in [2.05, 4.69) is 9.97 Å². The number of amides is 1. The standard InChI is InChI=1S/C20H26N4O3/c1-20(2,3)16-10-18(26)24(13-22-16)12-14-6-8-23(9-7-14)19(27)15-4-5-17(25)21-11-15/h4-5,10-11,13-14H,6-9,12H2,1-3H3,(H,21,25). The average Bonchev–Trinajstić information content (AvgIpc) is 2.63. The Bertz CT molecular complexity index is 911. The van der Waals surface area contributed by atoms with E-state index in [0.717, 1.165) is 18.5 Å². The van der Waals surface area contributed by atoms with Crippen LogP contribution in [0.2, 0.25) is 0 Å². The van der Waals surface area contributed by atoms with Gasteiger partial charge in [-0.2, -0.15) is 0 Å². The first-order valence-corrected chi connectivity index (χ1v) is 9.29. The maximum absolute atomic E-state index is 12.5. The second kappa shape index (κ2) is 7.50. The van der Waals surface area contributed by atoms with Crippen molar-refractivity contribution in [3.63, 3.8) is 0 Å². The van der Waals surface area contributed by atoms with Gasteiger partial charge in [-0.1, -0.05) is 20.8 Å². The van der Waals surface area contributed by atoms with Crippen molar-refractivity contribution in [3.8, 4) is 0 Å². The van der Waals surface area contributed by atoms with Crippen LogP contribution >= 0.6 is 0 Å². The van der Waals surface area contributed by atoms with E-state index in [1.165, 1.54) is 12.3 Å². The van der Waals surface area contributed by atoms with E-state index < -0.39 is 0 Å². The molecule has 0 unspecified atom stereocenters. The van der Waals surface area contributed by atoms with Crippen LogP contribution in [-0.2, 0) is 12.0 Å². The molecule has 3 heterocycles. The number of hydrogen-bond donors (Lipinski definition) is 1. The predicted octanol–water partition coefficient (Wildman–Crippen LogP) is 1.78. The minimum Gasteiger partial charge on any atom is -0.339 e. The smallest absolute Gasteiger partial charge is 0.255 e.